The highest BCUT2D eigenvalue weighted by atomic mass is 16.2. The topological polar surface area (TPSA) is 34.1 Å². The summed E-state index contributed by atoms with van der Waals surface area (Å²) < 4.78 is 0. The van der Waals surface area contributed by atoms with E-state index in [-0.39, 0.29) is 10.9 Å². The fourth-order valence-corrected chi connectivity index (χ4v) is 2.66. The van der Waals surface area contributed by atoms with Gasteiger partial charge in [0.25, 0.3) is 0 Å². The van der Waals surface area contributed by atoms with Crippen molar-refractivity contribution in [3.05, 3.63) is 55.8 Å². The van der Waals surface area contributed by atoms with Crippen LogP contribution in [0.5, 0.6) is 0 Å². The Morgan fingerprint density at radius 1 is 0.722 bits per heavy atom. The Bertz CT molecular complexity index is 763. The minimum atomic E-state index is -0.343. The molecule has 2 heteroatoms. The minimum Gasteiger partial charge on any atom is -0.285 e. The van der Waals surface area contributed by atoms with Crippen molar-refractivity contribution in [2.24, 2.45) is 0 Å². The van der Waals surface area contributed by atoms with E-state index in [9.17, 15) is 9.59 Å². The molecule has 0 saturated carbocycles. The molecule has 2 nitrogen and oxygen atoms in total. The first-order chi connectivity index (χ1) is 8.65. The third-order valence-corrected chi connectivity index (χ3v) is 3.75. The Labute approximate surface area is 105 Å². The molecule has 90 valence electrons. The van der Waals surface area contributed by atoms with Gasteiger partial charge in [0.1, 0.15) is 0 Å². The van der Waals surface area contributed by atoms with E-state index in [1.807, 2.05) is 12.1 Å². The van der Waals surface area contributed by atoms with Gasteiger partial charge in [-0.25, -0.2) is 0 Å². The Kier molecular flexibility index (Phi) is 2.34. The normalized spacial score (nSPS) is 11.7. The minimum absolute atomic E-state index is 0.343. The number of hydrogen-bond donors (Lipinski definition) is 0. The number of hydrogen-bond acceptors (Lipinski definition) is 2. The van der Waals surface area contributed by atoms with Gasteiger partial charge in [-0.05, 0) is 46.9 Å². The van der Waals surface area contributed by atoms with Crippen LogP contribution in [0.4, 0.5) is 0 Å². The van der Waals surface area contributed by atoms with Gasteiger partial charge in [0.05, 0.1) is 0 Å². The zero-order valence-electron chi connectivity index (χ0n) is 10.5. The summed E-state index contributed by atoms with van der Waals surface area (Å²) in [5, 5.41) is 3.28. The van der Waals surface area contributed by atoms with Gasteiger partial charge in [0, 0.05) is 10.8 Å². The van der Waals surface area contributed by atoms with Gasteiger partial charge in [-0.1, -0.05) is 26.0 Å². The average molecular weight is 238 g/mol. The number of aryl methyl sites for hydroxylation is 2. The van der Waals surface area contributed by atoms with Gasteiger partial charge in [-0.3, -0.25) is 9.59 Å². The highest BCUT2D eigenvalue weighted by molar-refractivity contribution is 6.01. The maximum atomic E-state index is 11.4. The molecule has 0 aliphatic heterocycles. The highest BCUT2D eigenvalue weighted by Crippen LogP contribution is 2.24. The van der Waals surface area contributed by atoms with Crippen LogP contribution >= 0.6 is 0 Å². The number of benzene rings is 2. The van der Waals surface area contributed by atoms with Gasteiger partial charge in [-0.2, -0.15) is 0 Å². The van der Waals surface area contributed by atoms with Gasteiger partial charge in [0.15, 0.2) is 0 Å². The summed E-state index contributed by atoms with van der Waals surface area (Å²) >= 11 is 0. The van der Waals surface area contributed by atoms with Gasteiger partial charge in [-0.15, -0.1) is 0 Å². The molecule has 0 radical (unpaired) electrons. The van der Waals surface area contributed by atoms with Crippen LogP contribution in [-0.4, -0.2) is 0 Å². The third kappa shape index (κ3) is 1.35. The molecule has 0 fully saturated rings. The van der Waals surface area contributed by atoms with Crippen LogP contribution < -0.4 is 10.9 Å². The third-order valence-electron chi connectivity index (χ3n) is 3.75. The van der Waals surface area contributed by atoms with Crippen LogP contribution in [0.3, 0.4) is 0 Å². The first-order valence-corrected chi connectivity index (χ1v) is 6.34. The molecule has 3 aromatic rings. The van der Waals surface area contributed by atoms with Gasteiger partial charge >= 0.3 is 0 Å². The van der Waals surface area contributed by atoms with E-state index < -0.39 is 0 Å². The van der Waals surface area contributed by atoms with Crippen molar-refractivity contribution in [3.8, 4) is 0 Å². The molecule has 0 aliphatic rings. The standard InChI is InChI=1S/C16H14O2/c1-3-9-5-11-7-13-14(16(18)15(13)17)8-12(11)6-10(9)4-2/h5-8H,3-4H2,1-2H3. The summed E-state index contributed by atoms with van der Waals surface area (Å²) in [5.41, 5.74) is 1.96. The van der Waals surface area contributed by atoms with E-state index in [4.69, 9.17) is 0 Å². The Hall–Kier alpha value is -1.96. The van der Waals surface area contributed by atoms with Gasteiger partial charge in [0.2, 0.25) is 10.9 Å². The van der Waals surface area contributed by atoms with Crippen LogP contribution in [0.25, 0.3) is 21.5 Å². The molecule has 0 atom stereocenters. The predicted octanol–water partition coefficient (Wildman–Crippen LogP) is 2.71. The zero-order chi connectivity index (χ0) is 12.9. The van der Waals surface area contributed by atoms with Crippen molar-refractivity contribution in [2.75, 3.05) is 0 Å². The zero-order valence-corrected chi connectivity index (χ0v) is 10.5. The molecular formula is C16H14O2. The summed E-state index contributed by atoms with van der Waals surface area (Å²) in [6, 6.07) is 8.00. The van der Waals surface area contributed by atoms with Crippen molar-refractivity contribution >= 4 is 21.5 Å². The second-order valence-corrected chi connectivity index (χ2v) is 4.73. The molecule has 3 aromatic carbocycles. The second kappa shape index (κ2) is 3.77. The molecule has 0 heterocycles. The second-order valence-electron chi connectivity index (χ2n) is 4.73. The summed E-state index contributed by atoms with van der Waals surface area (Å²) in [6.07, 6.45) is 1.98. The van der Waals surface area contributed by atoms with Crippen molar-refractivity contribution in [1.29, 1.82) is 0 Å². The fraction of sp³-hybridized carbons (Fsp3) is 0.250. The highest BCUT2D eigenvalue weighted by Gasteiger charge is 2.13. The molecule has 0 N–H and O–H groups in total. The van der Waals surface area contributed by atoms with Crippen LogP contribution in [-0.2, 0) is 12.8 Å². The monoisotopic (exact) mass is 238 g/mol. The molecular weight excluding hydrogens is 224 g/mol. The van der Waals surface area contributed by atoms with Crippen molar-refractivity contribution in [3.63, 3.8) is 0 Å². The Balaban J connectivity index is 2.40. The molecule has 0 aliphatic carbocycles. The molecule has 0 spiro atoms. The quantitative estimate of drug-likeness (QED) is 0.643. The van der Waals surface area contributed by atoms with E-state index >= 15 is 0 Å². The van der Waals surface area contributed by atoms with Crippen LogP contribution in [0.15, 0.2) is 33.9 Å². The lowest BCUT2D eigenvalue weighted by molar-refractivity contribution is 1.04. The maximum absolute atomic E-state index is 11.4. The molecule has 0 amide bonds. The van der Waals surface area contributed by atoms with E-state index in [0.29, 0.717) is 10.8 Å². The largest absolute Gasteiger partial charge is 0.285 e. The summed E-state index contributed by atoms with van der Waals surface area (Å²) in [6.45, 7) is 4.27. The maximum Gasteiger partial charge on any atom is 0.234 e. The molecule has 0 aromatic heterocycles. The lowest BCUT2D eigenvalue weighted by Crippen LogP contribution is -2.30. The molecule has 0 bridgehead atoms. The molecule has 3 rings (SSSR count). The van der Waals surface area contributed by atoms with Crippen LogP contribution in [0.2, 0.25) is 0 Å². The van der Waals surface area contributed by atoms with E-state index in [2.05, 4.69) is 26.0 Å². The summed E-state index contributed by atoms with van der Waals surface area (Å²) in [5.74, 6) is 0. The fourth-order valence-electron chi connectivity index (χ4n) is 2.66. The average Bonchev–Trinajstić information content (AvgIpc) is 2.43. The first-order valence-electron chi connectivity index (χ1n) is 6.34. The van der Waals surface area contributed by atoms with Crippen LogP contribution in [0.1, 0.15) is 25.0 Å². The molecule has 0 saturated heterocycles. The van der Waals surface area contributed by atoms with E-state index in [1.54, 1.807) is 0 Å². The van der Waals surface area contributed by atoms with E-state index in [0.717, 1.165) is 23.6 Å². The first kappa shape index (κ1) is 11.1. The predicted molar refractivity (Wildman–Crippen MR) is 75.1 cm³/mol. The lowest BCUT2D eigenvalue weighted by atomic mass is 9.94. The smallest absolute Gasteiger partial charge is 0.234 e. The lowest BCUT2D eigenvalue weighted by Gasteiger charge is -2.10. The van der Waals surface area contributed by atoms with Crippen LogP contribution in [0, 0.1) is 0 Å². The van der Waals surface area contributed by atoms with Crippen molar-refractivity contribution in [1.82, 2.24) is 0 Å². The van der Waals surface area contributed by atoms with E-state index in [1.165, 1.54) is 11.1 Å². The van der Waals surface area contributed by atoms with Gasteiger partial charge < -0.3 is 0 Å². The summed E-state index contributed by atoms with van der Waals surface area (Å²) in [4.78, 5) is 22.8. The Morgan fingerprint density at radius 3 is 1.44 bits per heavy atom. The SMILES string of the molecule is CCc1cc2cc3c(=O)c(=O)c3cc2cc1CC. The van der Waals surface area contributed by atoms with Crippen molar-refractivity contribution < 1.29 is 0 Å². The molecule has 0 unspecified atom stereocenters. The number of rotatable bonds is 2. The Morgan fingerprint density at radius 2 is 1.11 bits per heavy atom. The van der Waals surface area contributed by atoms with Crippen molar-refractivity contribution in [2.45, 2.75) is 26.7 Å². The summed E-state index contributed by atoms with van der Waals surface area (Å²) in [7, 11) is 0. The number of fused-ring (bicyclic) bond motifs is 2. The molecule has 18 heavy (non-hydrogen) atoms.